The van der Waals surface area contributed by atoms with E-state index in [1.807, 2.05) is 0 Å². The van der Waals surface area contributed by atoms with Crippen LogP contribution in [0.1, 0.15) is 23.0 Å². The van der Waals surface area contributed by atoms with Gasteiger partial charge in [0, 0.05) is 25.7 Å². The first-order valence-corrected chi connectivity index (χ1v) is 5.58. The summed E-state index contributed by atoms with van der Waals surface area (Å²) in [7, 11) is 0. The summed E-state index contributed by atoms with van der Waals surface area (Å²) in [6.07, 6.45) is 1.70. The van der Waals surface area contributed by atoms with Crippen molar-refractivity contribution in [3.8, 4) is 0 Å². The first-order chi connectivity index (χ1) is 8.99. The molecule has 0 N–H and O–H groups in total. The minimum atomic E-state index is -0.876. The van der Waals surface area contributed by atoms with Crippen molar-refractivity contribution in [1.82, 2.24) is 4.57 Å². The van der Waals surface area contributed by atoms with Gasteiger partial charge in [-0.15, -0.1) is 0 Å². The van der Waals surface area contributed by atoms with Gasteiger partial charge in [-0.1, -0.05) is 6.07 Å². The highest BCUT2D eigenvalue weighted by Gasteiger charge is 2.14. The molecule has 0 atom stereocenters. The fraction of sp³-hybridized carbons (Fsp3) is 0.154. The first kappa shape index (κ1) is 12.9. The maximum Gasteiger partial charge on any atom is 0.304 e. The second kappa shape index (κ2) is 5.01. The number of hydrogen-bond acceptors (Lipinski definition) is 3. The molecule has 5 nitrogen and oxygen atoms in total. The van der Waals surface area contributed by atoms with E-state index < -0.39 is 16.4 Å². The van der Waals surface area contributed by atoms with Crippen LogP contribution in [0.15, 0.2) is 36.5 Å². The number of Topliss-reactive ketones (excluding diaryl/α,β-unsaturated/α-hetero) is 1. The number of nitrogens with zero attached hydrogens (tertiary/aromatic N) is 2. The SMILES string of the molecule is CC(=O)c1cccn1Cc1ccc([N+](=O)[O-])c(F)c1. The number of carbonyl (C=O) groups is 1. The van der Waals surface area contributed by atoms with E-state index in [4.69, 9.17) is 0 Å². The van der Waals surface area contributed by atoms with Gasteiger partial charge >= 0.3 is 5.69 Å². The molecule has 0 aliphatic carbocycles. The van der Waals surface area contributed by atoms with E-state index in [0.29, 0.717) is 11.3 Å². The molecule has 19 heavy (non-hydrogen) atoms. The average molecular weight is 262 g/mol. The van der Waals surface area contributed by atoms with Crippen molar-refractivity contribution in [2.75, 3.05) is 0 Å². The smallest absolute Gasteiger partial charge is 0.304 e. The summed E-state index contributed by atoms with van der Waals surface area (Å²) in [5, 5.41) is 10.5. The van der Waals surface area contributed by atoms with Gasteiger partial charge in [0.25, 0.3) is 0 Å². The van der Waals surface area contributed by atoms with Gasteiger partial charge < -0.3 is 4.57 Å². The summed E-state index contributed by atoms with van der Waals surface area (Å²) < 4.78 is 15.1. The van der Waals surface area contributed by atoms with E-state index in [2.05, 4.69) is 0 Å². The third-order valence-electron chi connectivity index (χ3n) is 2.75. The number of ketones is 1. The van der Waals surface area contributed by atoms with Crippen molar-refractivity contribution in [3.05, 3.63) is 63.7 Å². The second-order valence-electron chi connectivity index (χ2n) is 4.12. The number of rotatable bonds is 4. The van der Waals surface area contributed by atoms with Crippen LogP contribution in [0.3, 0.4) is 0 Å². The van der Waals surface area contributed by atoms with Crippen molar-refractivity contribution >= 4 is 11.5 Å². The highest BCUT2D eigenvalue weighted by Crippen LogP contribution is 2.19. The number of benzene rings is 1. The van der Waals surface area contributed by atoms with Crippen LogP contribution in [0.5, 0.6) is 0 Å². The molecule has 1 heterocycles. The van der Waals surface area contributed by atoms with Gasteiger partial charge in [-0.05, 0) is 23.8 Å². The van der Waals surface area contributed by atoms with Crippen LogP contribution >= 0.6 is 0 Å². The van der Waals surface area contributed by atoms with Gasteiger partial charge in [0.05, 0.1) is 10.6 Å². The summed E-state index contributed by atoms with van der Waals surface area (Å²) in [6.45, 7) is 1.74. The molecule has 98 valence electrons. The zero-order valence-corrected chi connectivity index (χ0v) is 10.2. The number of hydrogen-bond donors (Lipinski definition) is 0. The van der Waals surface area contributed by atoms with Crippen molar-refractivity contribution in [2.45, 2.75) is 13.5 Å². The Kier molecular flexibility index (Phi) is 3.41. The standard InChI is InChI=1S/C13H11FN2O3/c1-9(17)12-3-2-6-15(12)8-10-4-5-13(16(18)19)11(14)7-10/h2-7H,8H2,1H3. The lowest BCUT2D eigenvalue weighted by atomic mass is 10.2. The number of aromatic nitrogens is 1. The highest BCUT2D eigenvalue weighted by molar-refractivity contribution is 5.92. The van der Waals surface area contributed by atoms with Crippen LogP contribution in [0.25, 0.3) is 0 Å². The van der Waals surface area contributed by atoms with Gasteiger partial charge in [0.15, 0.2) is 5.78 Å². The monoisotopic (exact) mass is 262 g/mol. The molecule has 1 aromatic carbocycles. The topological polar surface area (TPSA) is 65.1 Å². The molecule has 0 saturated carbocycles. The molecule has 2 aromatic rings. The fourth-order valence-electron chi connectivity index (χ4n) is 1.87. The molecule has 0 aliphatic rings. The first-order valence-electron chi connectivity index (χ1n) is 5.58. The van der Waals surface area contributed by atoms with Crippen LogP contribution in [0.2, 0.25) is 0 Å². The van der Waals surface area contributed by atoms with Gasteiger partial charge in [0.2, 0.25) is 5.82 Å². The summed E-state index contributed by atoms with van der Waals surface area (Å²) in [6, 6.07) is 7.11. The lowest BCUT2D eigenvalue weighted by molar-refractivity contribution is -0.387. The van der Waals surface area contributed by atoms with Crippen molar-refractivity contribution < 1.29 is 14.1 Å². The van der Waals surface area contributed by atoms with E-state index in [1.54, 1.807) is 22.9 Å². The van der Waals surface area contributed by atoms with E-state index in [-0.39, 0.29) is 12.3 Å². The Morgan fingerprint density at radius 1 is 1.42 bits per heavy atom. The minimum absolute atomic E-state index is 0.0904. The Hall–Kier alpha value is -2.50. The Morgan fingerprint density at radius 3 is 2.74 bits per heavy atom. The predicted octanol–water partition coefficient (Wildman–Crippen LogP) is 2.79. The lowest BCUT2D eigenvalue weighted by Crippen LogP contribution is -2.07. The number of halogens is 1. The fourth-order valence-corrected chi connectivity index (χ4v) is 1.87. The third kappa shape index (κ3) is 2.67. The maximum atomic E-state index is 13.5. The van der Waals surface area contributed by atoms with E-state index in [1.165, 1.54) is 13.0 Å². The maximum absolute atomic E-state index is 13.5. The van der Waals surface area contributed by atoms with Crippen molar-refractivity contribution in [1.29, 1.82) is 0 Å². The molecule has 0 radical (unpaired) electrons. The second-order valence-corrected chi connectivity index (χ2v) is 4.12. The summed E-state index contributed by atoms with van der Waals surface area (Å²) in [4.78, 5) is 21.1. The number of carbonyl (C=O) groups excluding carboxylic acids is 1. The van der Waals surface area contributed by atoms with Gasteiger partial charge in [-0.25, -0.2) is 0 Å². The lowest BCUT2D eigenvalue weighted by Gasteiger charge is -2.07. The molecule has 0 unspecified atom stereocenters. The van der Waals surface area contributed by atoms with E-state index in [9.17, 15) is 19.3 Å². The Labute approximate surface area is 108 Å². The molecule has 6 heteroatoms. The molecule has 0 bridgehead atoms. The molecule has 1 aromatic heterocycles. The van der Waals surface area contributed by atoms with E-state index >= 15 is 0 Å². The summed E-state index contributed by atoms with van der Waals surface area (Å²) in [5.74, 6) is -0.966. The predicted molar refractivity (Wildman–Crippen MR) is 66.6 cm³/mol. The number of nitro groups is 1. The summed E-state index contributed by atoms with van der Waals surface area (Å²) in [5.41, 5.74) is 0.517. The molecule has 2 rings (SSSR count). The average Bonchev–Trinajstić information content (AvgIpc) is 2.76. The van der Waals surface area contributed by atoms with Crippen LogP contribution in [0.4, 0.5) is 10.1 Å². The Balaban J connectivity index is 2.29. The quantitative estimate of drug-likeness (QED) is 0.483. The molecule has 0 aliphatic heterocycles. The summed E-state index contributed by atoms with van der Waals surface area (Å²) >= 11 is 0. The molecular weight excluding hydrogens is 251 g/mol. The number of nitro benzene ring substituents is 1. The molecular formula is C13H11FN2O3. The Bertz CT molecular complexity index is 649. The van der Waals surface area contributed by atoms with Gasteiger partial charge in [-0.3, -0.25) is 14.9 Å². The third-order valence-corrected chi connectivity index (χ3v) is 2.75. The normalized spacial score (nSPS) is 10.4. The van der Waals surface area contributed by atoms with Crippen molar-refractivity contribution in [2.24, 2.45) is 0 Å². The van der Waals surface area contributed by atoms with Crippen LogP contribution in [0, 0.1) is 15.9 Å². The Morgan fingerprint density at radius 2 is 2.16 bits per heavy atom. The van der Waals surface area contributed by atoms with Crippen LogP contribution in [-0.4, -0.2) is 15.3 Å². The molecule has 0 amide bonds. The van der Waals surface area contributed by atoms with Crippen LogP contribution in [-0.2, 0) is 6.54 Å². The van der Waals surface area contributed by atoms with Crippen LogP contribution < -0.4 is 0 Å². The zero-order chi connectivity index (χ0) is 14.0. The molecule has 0 saturated heterocycles. The zero-order valence-electron chi connectivity index (χ0n) is 10.2. The van der Waals surface area contributed by atoms with E-state index in [0.717, 1.165) is 12.1 Å². The minimum Gasteiger partial charge on any atom is -0.341 e. The van der Waals surface area contributed by atoms with Gasteiger partial charge in [0.1, 0.15) is 0 Å². The largest absolute Gasteiger partial charge is 0.341 e. The highest BCUT2D eigenvalue weighted by atomic mass is 19.1. The van der Waals surface area contributed by atoms with Crippen molar-refractivity contribution in [3.63, 3.8) is 0 Å². The molecule has 0 spiro atoms. The molecule has 0 fully saturated rings. The van der Waals surface area contributed by atoms with Gasteiger partial charge in [-0.2, -0.15) is 4.39 Å².